The summed E-state index contributed by atoms with van der Waals surface area (Å²) in [6, 6.07) is 3.50. The van der Waals surface area contributed by atoms with E-state index in [-0.39, 0.29) is 47.9 Å². The standard InChI is InChI=1S/C49H66N12O14S2Si2/c1-6-27-21-54-49(55-22-27)77-26-79(4,5)75-78(2,3)15-7-14-61-38(64)19-37(45(61)70)76-25-30(46(71)72)17-36(63)35(20-50)58-43(68)29(18-39(65)66)16-33(62)12-13-34(47(73)74)57-42(67)28-8-10-31(11-9-28)52-23-32-24-53-41-40(56-32)44(69)60-48(51)59-41/h8-11,21-22,24,29-30,34-35,37,52H,6-7,12-20,23,25-26,50H2,1-5H3,(H,57,67)(H,58,68)(H,65,66)(H,71,72)(H,73,74)(H3,51,53,59,60,69)/t29-,30-,34-,35-,37?/m0/s1. The number of nitrogens with one attached hydrogen (secondary N) is 4. The minimum absolute atomic E-state index is 0.00996. The number of likely N-dealkylation sites (tertiary alicyclic amines) is 1. The van der Waals surface area contributed by atoms with Gasteiger partial charge in [-0.3, -0.25) is 53.0 Å². The highest BCUT2D eigenvalue weighted by Crippen LogP contribution is 2.30. The highest BCUT2D eigenvalue weighted by Gasteiger charge is 2.41. The number of aryl methyl sites for hydroxylation is 1. The smallest absolute Gasteiger partial charge is 0.326 e. The molecular weight excluding hydrogens is 1100 g/mol. The van der Waals surface area contributed by atoms with Crippen LogP contribution in [0.15, 0.2) is 52.8 Å². The van der Waals surface area contributed by atoms with E-state index >= 15 is 0 Å². The van der Waals surface area contributed by atoms with E-state index in [1.807, 2.05) is 19.3 Å². The molecule has 5 rings (SSSR count). The van der Waals surface area contributed by atoms with Crippen molar-refractivity contribution in [1.82, 2.24) is 45.4 Å². The van der Waals surface area contributed by atoms with Gasteiger partial charge in [0.2, 0.25) is 23.7 Å². The number of carboxylic acid groups (broad SMARTS) is 3. The Labute approximate surface area is 464 Å². The number of fused-ring (bicyclic) bond motifs is 1. The number of carbonyl (C=O) groups is 9. The number of nitrogen functional groups attached to an aromatic ring is 1. The number of H-pyrrole nitrogens is 1. The van der Waals surface area contributed by atoms with Crippen molar-refractivity contribution < 1.29 is 62.6 Å². The first-order valence-electron chi connectivity index (χ1n) is 25.2. The Kier molecular flexibility index (Phi) is 22.9. The number of ketones is 2. The third kappa shape index (κ3) is 19.4. The van der Waals surface area contributed by atoms with Crippen LogP contribution in [0.3, 0.4) is 0 Å². The molecule has 79 heavy (non-hydrogen) atoms. The molecule has 1 aliphatic rings. The van der Waals surface area contributed by atoms with E-state index in [1.165, 1.54) is 35.4 Å². The van der Waals surface area contributed by atoms with Gasteiger partial charge in [0.1, 0.15) is 11.8 Å². The highest BCUT2D eigenvalue weighted by atomic mass is 32.2. The van der Waals surface area contributed by atoms with E-state index in [1.54, 1.807) is 11.8 Å². The first kappa shape index (κ1) is 62.8. The largest absolute Gasteiger partial charge is 0.481 e. The second-order valence-electron chi connectivity index (χ2n) is 20.0. The lowest BCUT2D eigenvalue weighted by atomic mass is 9.93. The van der Waals surface area contributed by atoms with Crippen LogP contribution < -0.4 is 33.0 Å². The topological polar surface area (TPSA) is 412 Å². The molecule has 1 aliphatic heterocycles. The summed E-state index contributed by atoms with van der Waals surface area (Å²) in [5.41, 5.74) is 12.9. The maximum Gasteiger partial charge on any atom is 0.326 e. The molecule has 1 saturated heterocycles. The fourth-order valence-corrected chi connectivity index (χ4v) is 20.0. The van der Waals surface area contributed by atoms with Gasteiger partial charge in [-0.1, -0.05) is 18.7 Å². The maximum atomic E-state index is 13.4. The van der Waals surface area contributed by atoms with E-state index in [0.29, 0.717) is 29.0 Å². The van der Waals surface area contributed by atoms with Crippen LogP contribution in [0.5, 0.6) is 0 Å². The first-order chi connectivity index (χ1) is 37.3. The molecule has 4 heterocycles. The number of aliphatic carboxylic acids is 3. The summed E-state index contributed by atoms with van der Waals surface area (Å²) in [4.78, 5) is 153. The van der Waals surface area contributed by atoms with E-state index in [9.17, 15) is 63.3 Å². The Bertz CT molecular complexity index is 2960. The molecule has 1 unspecified atom stereocenters. The van der Waals surface area contributed by atoms with Crippen LogP contribution >= 0.6 is 23.5 Å². The average molecular weight is 1170 g/mol. The quantitative estimate of drug-likeness (QED) is 0.0143. The molecular formula is C49H66N12O14S2Si2. The first-order valence-corrected chi connectivity index (χ1v) is 33.5. The maximum absolute atomic E-state index is 13.4. The highest BCUT2D eigenvalue weighted by molar-refractivity contribution is 8.01. The number of carboxylic acids is 3. The van der Waals surface area contributed by atoms with Gasteiger partial charge in [0.25, 0.3) is 11.5 Å². The van der Waals surface area contributed by atoms with E-state index in [2.05, 4.69) is 72.0 Å². The average Bonchev–Trinajstić information content (AvgIpc) is 3.66. The molecule has 4 amide bonds. The van der Waals surface area contributed by atoms with Crippen molar-refractivity contribution in [3.8, 4) is 0 Å². The van der Waals surface area contributed by atoms with Gasteiger partial charge >= 0.3 is 17.9 Å². The number of aromatic nitrogens is 6. The summed E-state index contributed by atoms with van der Waals surface area (Å²) in [6.45, 7) is 10.3. The van der Waals surface area contributed by atoms with Crippen molar-refractivity contribution in [2.45, 2.75) is 120 Å². The molecule has 4 aromatic rings. The number of benzene rings is 1. The number of nitrogens with two attached hydrogens (primary N) is 2. The van der Waals surface area contributed by atoms with Gasteiger partial charge < -0.3 is 46.9 Å². The van der Waals surface area contributed by atoms with Crippen LogP contribution in [-0.2, 0) is 55.4 Å². The zero-order valence-electron chi connectivity index (χ0n) is 44.3. The van der Waals surface area contributed by atoms with Gasteiger partial charge in [-0.05, 0) is 81.3 Å². The number of hydrogen-bond donors (Lipinski definition) is 9. The zero-order chi connectivity index (χ0) is 58.2. The minimum atomic E-state index is -2.23. The van der Waals surface area contributed by atoms with Crippen molar-refractivity contribution in [1.29, 1.82) is 0 Å². The third-order valence-corrected chi connectivity index (χ3v) is 23.6. The lowest BCUT2D eigenvalue weighted by Crippen LogP contribution is -2.49. The monoisotopic (exact) mass is 1170 g/mol. The Morgan fingerprint density at radius 1 is 0.873 bits per heavy atom. The summed E-state index contributed by atoms with van der Waals surface area (Å²) < 4.78 is 6.72. The Hall–Kier alpha value is -7.00. The number of hydrogen-bond acceptors (Lipinski definition) is 21. The number of carbonyl (C=O) groups excluding carboxylic acids is 6. The van der Waals surface area contributed by atoms with Gasteiger partial charge in [-0.25, -0.2) is 24.7 Å². The van der Waals surface area contributed by atoms with Crippen molar-refractivity contribution in [2.24, 2.45) is 17.6 Å². The summed E-state index contributed by atoms with van der Waals surface area (Å²) in [5.74, 6) is -11.8. The molecule has 426 valence electrons. The molecule has 30 heteroatoms. The lowest BCUT2D eigenvalue weighted by molar-refractivity contribution is -0.144. The van der Waals surface area contributed by atoms with Gasteiger partial charge in [-0.15, -0.1) is 11.8 Å². The predicted octanol–water partition coefficient (Wildman–Crippen LogP) is 2.39. The van der Waals surface area contributed by atoms with E-state index in [4.69, 9.17) is 15.6 Å². The molecule has 1 aromatic carbocycles. The van der Waals surface area contributed by atoms with Crippen molar-refractivity contribution in [3.05, 3.63) is 70.0 Å². The van der Waals surface area contributed by atoms with E-state index in [0.717, 1.165) is 29.1 Å². The van der Waals surface area contributed by atoms with Gasteiger partial charge in [0.05, 0.1) is 48.0 Å². The summed E-state index contributed by atoms with van der Waals surface area (Å²) in [7, 11) is -4.37. The molecule has 0 saturated carbocycles. The van der Waals surface area contributed by atoms with Crippen molar-refractivity contribution in [3.63, 3.8) is 0 Å². The fraction of sp³-hybridized carbons (Fsp3) is 0.490. The third-order valence-electron chi connectivity index (χ3n) is 12.5. The van der Waals surface area contributed by atoms with Crippen LogP contribution in [0, 0.1) is 11.8 Å². The summed E-state index contributed by atoms with van der Waals surface area (Å²) >= 11 is 2.49. The number of rotatable bonds is 33. The summed E-state index contributed by atoms with van der Waals surface area (Å²) in [5, 5.41) is 37.8. The second-order valence-corrected chi connectivity index (χ2v) is 31.4. The Morgan fingerprint density at radius 3 is 2.20 bits per heavy atom. The van der Waals surface area contributed by atoms with Gasteiger partial charge in [-0.2, -0.15) is 4.98 Å². The number of aromatic amines is 1. The van der Waals surface area contributed by atoms with Crippen molar-refractivity contribution in [2.75, 3.05) is 35.3 Å². The second kappa shape index (κ2) is 28.8. The molecule has 0 aliphatic carbocycles. The number of thioether (sulfide) groups is 2. The Morgan fingerprint density at radius 2 is 1.57 bits per heavy atom. The van der Waals surface area contributed by atoms with Crippen LogP contribution in [0.4, 0.5) is 11.6 Å². The summed E-state index contributed by atoms with van der Waals surface area (Å²) in [6.07, 6.45) is 3.12. The number of imide groups is 1. The molecule has 1 fully saturated rings. The van der Waals surface area contributed by atoms with Gasteiger partial charge in [0, 0.05) is 73.5 Å². The molecule has 0 bridgehead atoms. The number of Topliss-reactive ketones (excluding diaryl/α,β-unsaturated/α-hetero) is 2. The molecule has 5 atom stereocenters. The van der Waals surface area contributed by atoms with Crippen molar-refractivity contribution >= 4 is 116 Å². The van der Waals surface area contributed by atoms with E-state index < -0.39 is 143 Å². The van der Waals surface area contributed by atoms with Gasteiger partial charge in [0.15, 0.2) is 38.7 Å². The zero-order valence-corrected chi connectivity index (χ0v) is 47.9. The van der Waals surface area contributed by atoms with Crippen LogP contribution in [-0.4, -0.2) is 161 Å². The van der Waals surface area contributed by atoms with Crippen LogP contribution in [0.25, 0.3) is 11.2 Å². The Balaban J connectivity index is 1.06. The SMILES string of the molecule is CCc1cnc(SC[Si](C)(C)O[Si](C)(C)CCCN2C(=O)CC(SC[C@H](CC(=O)[C@H](CN)NC(=O)[C@H](CC(=O)O)CC(=O)CC[C@H](NC(=O)c3ccc(NCc4cnc5nc(N)[nH]c(=O)c5n4)cc3)C(=O)O)C(=O)O)C2=O)nc1. The normalized spacial score (nSPS) is 15.3. The van der Waals surface area contributed by atoms with Crippen LogP contribution in [0.1, 0.15) is 73.5 Å². The molecule has 11 N–H and O–H groups in total. The molecule has 0 spiro atoms. The van der Waals surface area contributed by atoms with Crippen LogP contribution in [0.2, 0.25) is 32.2 Å². The number of amides is 4. The molecule has 26 nitrogen and oxygen atoms in total. The number of nitrogens with zero attached hydrogens (tertiary/aromatic N) is 6. The molecule has 3 aromatic heterocycles. The number of anilines is 2. The minimum Gasteiger partial charge on any atom is -0.481 e. The lowest BCUT2D eigenvalue weighted by Gasteiger charge is -2.34. The molecule has 0 radical (unpaired) electrons. The predicted molar refractivity (Wildman–Crippen MR) is 297 cm³/mol. The fourth-order valence-electron chi connectivity index (χ4n) is 8.38.